The number of nitrogens with one attached hydrogen (secondary N) is 1. The zero-order chi connectivity index (χ0) is 28.7. The first-order valence-corrected chi connectivity index (χ1v) is 14.3. The van der Waals surface area contributed by atoms with E-state index in [-0.39, 0.29) is 18.4 Å². The maximum Gasteiger partial charge on any atom is 0.416 e. The third-order valence-electron chi connectivity index (χ3n) is 8.60. The van der Waals surface area contributed by atoms with Crippen LogP contribution in [0.15, 0.2) is 48.5 Å². The topological polar surface area (TPSA) is 67.2 Å². The Hall–Kier alpha value is -2.90. The summed E-state index contributed by atoms with van der Waals surface area (Å²) in [4.78, 5) is 0. The van der Waals surface area contributed by atoms with Gasteiger partial charge in [0.1, 0.15) is 6.54 Å². The molecular weight excluding hydrogens is 558 g/mol. The fourth-order valence-electron chi connectivity index (χ4n) is 6.71. The van der Waals surface area contributed by atoms with Gasteiger partial charge in [-0.05, 0) is 78.5 Å². The van der Waals surface area contributed by atoms with Crippen LogP contribution in [0.4, 0.5) is 26.3 Å². The van der Waals surface area contributed by atoms with Crippen LogP contribution in [0, 0.1) is 11.8 Å². The lowest BCUT2D eigenvalue weighted by atomic mass is 9.79. The Kier molecular flexibility index (Phi) is 6.17. The number of hydrogen-bond acceptors (Lipinski definition) is 3. The van der Waals surface area contributed by atoms with E-state index < -0.39 is 40.2 Å². The molecule has 1 saturated carbocycles. The van der Waals surface area contributed by atoms with E-state index in [0.717, 1.165) is 35.2 Å². The smallest absolute Gasteiger partial charge is 0.267 e. The van der Waals surface area contributed by atoms with E-state index >= 15 is 0 Å². The summed E-state index contributed by atoms with van der Waals surface area (Å²) in [5.41, 5.74) is 2.99. The van der Waals surface area contributed by atoms with Crippen molar-refractivity contribution in [2.45, 2.75) is 43.6 Å². The molecule has 1 aromatic heterocycles. The van der Waals surface area contributed by atoms with Gasteiger partial charge in [0.2, 0.25) is 0 Å². The maximum absolute atomic E-state index is 13.1. The van der Waals surface area contributed by atoms with Crippen molar-refractivity contribution in [3.8, 4) is 22.5 Å². The molecule has 214 valence electrons. The molecule has 1 spiro atoms. The molecule has 2 fully saturated rings. The first-order chi connectivity index (χ1) is 18.6. The third-order valence-corrected chi connectivity index (χ3v) is 10.2. The van der Waals surface area contributed by atoms with Crippen molar-refractivity contribution in [3.05, 3.63) is 65.2 Å². The van der Waals surface area contributed by atoms with Gasteiger partial charge in [-0.15, -0.1) is 0 Å². The molecule has 2 bridgehead atoms. The van der Waals surface area contributed by atoms with Crippen molar-refractivity contribution in [3.63, 3.8) is 0 Å². The van der Waals surface area contributed by atoms with E-state index in [1.807, 2.05) is 18.2 Å². The summed E-state index contributed by atoms with van der Waals surface area (Å²) in [5.74, 6) is -0.285. The highest BCUT2D eigenvalue weighted by atomic mass is 32.2. The second-order valence-electron chi connectivity index (χ2n) is 11.0. The standard InChI is InChI=1S/C27H26F6N4O2S/c1-36-24(16-4-6-20(7-5-16)27(31,32)33)13-23(34-36)18-3-2-17-11-21-8-9-22(12-19(17)10-18)25(21)14-37(15-26(28,29)30)40(38,39)35-25/h2-7,10,13,21-22,35H,8-9,11-12,14-15H2,1H3/t21-,22+,25-/m1/s1. The summed E-state index contributed by atoms with van der Waals surface area (Å²) in [6.45, 7) is -1.72. The molecule has 2 heterocycles. The number of fused-ring (bicyclic) bond motifs is 1. The molecule has 40 heavy (non-hydrogen) atoms. The number of nitrogens with zero attached hydrogens (tertiary/aromatic N) is 3. The van der Waals surface area contributed by atoms with Gasteiger partial charge in [-0.2, -0.15) is 48.9 Å². The number of halogens is 6. The Morgan fingerprint density at radius 1 is 0.925 bits per heavy atom. The molecule has 0 unspecified atom stereocenters. The number of hydrogen-bond donors (Lipinski definition) is 1. The van der Waals surface area contributed by atoms with Crippen molar-refractivity contribution in [1.29, 1.82) is 0 Å². The van der Waals surface area contributed by atoms with Crippen molar-refractivity contribution in [2.75, 3.05) is 13.1 Å². The van der Waals surface area contributed by atoms with Crippen molar-refractivity contribution >= 4 is 10.2 Å². The molecule has 13 heteroatoms. The lowest BCUT2D eigenvalue weighted by Crippen LogP contribution is -2.52. The van der Waals surface area contributed by atoms with Gasteiger partial charge in [0.15, 0.2) is 0 Å². The van der Waals surface area contributed by atoms with Crippen molar-refractivity contribution in [2.24, 2.45) is 18.9 Å². The van der Waals surface area contributed by atoms with Crippen molar-refractivity contribution < 1.29 is 34.8 Å². The molecule has 0 amide bonds. The Balaban J connectivity index is 1.28. The SMILES string of the molecule is Cn1nc(-c2ccc3c(c2)C[C@@H]2CC[C@H](C3)[C@]23CN(CC(F)(F)F)S(=O)(=O)N3)cc1-c1ccc(C(F)(F)F)cc1. The molecule has 6 rings (SSSR count). The summed E-state index contributed by atoms with van der Waals surface area (Å²) < 4.78 is 109. The summed E-state index contributed by atoms with van der Waals surface area (Å²) in [6.07, 6.45) is -6.56. The summed E-state index contributed by atoms with van der Waals surface area (Å²) in [5, 5.41) is 4.57. The van der Waals surface area contributed by atoms with Crippen LogP contribution in [-0.2, 0) is 36.3 Å². The molecule has 1 saturated heterocycles. The molecule has 3 aliphatic rings. The van der Waals surface area contributed by atoms with Crippen LogP contribution in [-0.4, -0.2) is 47.3 Å². The normalized spacial score (nSPS) is 26.3. The quantitative estimate of drug-likeness (QED) is 0.423. The van der Waals surface area contributed by atoms with Crippen LogP contribution >= 0.6 is 0 Å². The zero-order valence-electron chi connectivity index (χ0n) is 21.4. The summed E-state index contributed by atoms with van der Waals surface area (Å²) in [6, 6.07) is 12.5. The van der Waals surface area contributed by atoms with Crippen LogP contribution in [0.1, 0.15) is 29.5 Å². The second-order valence-corrected chi connectivity index (χ2v) is 12.7. The van der Waals surface area contributed by atoms with Gasteiger partial charge in [-0.1, -0.05) is 24.3 Å². The first kappa shape index (κ1) is 27.3. The molecule has 3 aromatic rings. The highest BCUT2D eigenvalue weighted by molar-refractivity contribution is 7.87. The Morgan fingerprint density at radius 3 is 2.17 bits per heavy atom. The number of benzene rings is 2. The van der Waals surface area contributed by atoms with Gasteiger partial charge in [0.05, 0.1) is 22.5 Å². The fourth-order valence-corrected chi connectivity index (χ4v) is 8.42. The molecular formula is C27H26F6N4O2S. The van der Waals surface area contributed by atoms with E-state index in [9.17, 15) is 34.8 Å². The van der Waals surface area contributed by atoms with E-state index in [2.05, 4.69) is 9.82 Å². The average Bonchev–Trinajstić information content (AvgIpc) is 3.43. The van der Waals surface area contributed by atoms with Crippen molar-refractivity contribution in [1.82, 2.24) is 18.8 Å². The molecule has 0 radical (unpaired) electrons. The molecule has 1 N–H and O–H groups in total. The molecule has 1 aliphatic heterocycles. The Bertz CT molecular complexity index is 1570. The Labute approximate surface area is 227 Å². The van der Waals surface area contributed by atoms with Gasteiger partial charge in [-0.3, -0.25) is 4.68 Å². The Morgan fingerprint density at radius 2 is 1.55 bits per heavy atom. The molecule has 6 nitrogen and oxygen atoms in total. The number of aryl methyl sites for hydroxylation is 1. The maximum atomic E-state index is 13.1. The van der Waals surface area contributed by atoms with Crippen LogP contribution in [0.3, 0.4) is 0 Å². The fraction of sp³-hybridized carbons (Fsp3) is 0.444. The first-order valence-electron chi connectivity index (χ1n) is 12.8. The van der Waals surface area contributed by atoms with E-state index in [1.165, 1.54) is 12.1 Å². The van der Waals surface area contributed by atoms with Crippen LogP contribution < -0.4 is 4.72 Å². The number of aromatic nitrogens is 2. The minimum Gasteiger partial charge on any atom is -0.267 e. The van der Waals surface area contributed by atoms with Crippen LogP contribution in [0.25, 0.3) is 22.5 Å². The number of rotatable bonds is 3. The highest BCUT2D eigenvalue weighted by Crippen LogP contribution is 2.51. The monoisotopic (exact) mass is 584 g/mol. The third kappa shape index (κ3) is 4.71. The summed E-state index contributed by atoms with van der Waals surface area (Å²) in [7, 11) is -2.55. The minimum atomic E-state index is -4.64. The minimum absolute atomic E-state index is 0.126. The highest BCUT2D eigenvalue weighted by Gasteiger charge is 2.60. The lowest BCUT2D eigenvalue weighted by Gasteiger charge is -2.33. The molecule has 2 aliphatic carbocycles. The molecule has 2 aromatic carbocycles. The largest absolute Gasteiger partial charge is 0.416 e. The average molecular weight is 585 g/mol. The van der Waals surface area contributed by atoms with Gasteiger partial charge >= 0.3 is 12.4 Å². The second kappa shape index (κ2) is 9.05. The van der Waals surface area contributed by atoms with E-state index in [0.29, 0.717) is 40.5 Å². The van der Waals surface area contributed by atoms with Gasteiger partial charge in [0.25, 0.3) is 10.2 Å². The van der Waals surface area contributed by atoms with E-state index in [1.54, 1.807) is 17.8 Å². The number of alkyl halides is 6. The van der Waals surface area contributed by atoms with Crippen LogP contribution in [0.2, 0.25) is 0 Å². The van der Waals surface area contributed by atoms with E-state index in [4.69, 9.17) is 0 Å². The van der Waals surface area contributed by atoms with Gasteiger partial charge in [-0.25, -0.2) is 0 Å². The lowest BCUT2D eigenvalue weighted by molar-refractivity contribution is -0.138. The van der Waals surface area contributed by atoms with Crippen LogP contribution in [0.5, 0.6) is 0 Å². The predicted molar refractivity (Wildman–Crippen MR) is 135 cm³/mol. The van der Waals surface area contributed by atoms with Gasteiger partial charge in [0, 0.05) is 19.2 Å². The summed E-state index contributed by atoms with van der Waals surface area (Å²) >= 11 is 0. The zero-order valence-corrected chi connectivity index (χ0v) is 22.2. The van der Waals surface area contributed by atoms with Gasteiger partial charge < -0.3 is 0 Å². The predicted octanol–water partition coefficient (Wildman–Crippen LogP) is 5.35. The molecule has 3 atom stereocenters.